The molecular formula is C13H15ClN2O3. The molecule has 102 valence electrons. The van der Waals surface area contributed by atoms with Crippen LogP contribution in [-0.4, -0.2) is 31.1 Å². The van der Waals surface area contributed by atoms with Crippen LogP contribution in [0.1, 0.15) is 12.8 Å². The van der Waals surface area contributed by atoms with Gasteiger partial charge in [0.05, 0.1) is 6.10 Å². The van der Waals surface area contributed by atoms with Crippen LogP contribution in [0.5, 0.6) is 0 Å². The predicted octanol–water partition coefficient (Wildman–Crippen LogP) is 1.57. The van der Waals surface area contributed by atoms with Gasteiger partial charge in [0.15, 0.2) is 0 Å². The molecule has 1 aliphatic rings. The van der Waals surface area contributed by atoms with Gasteiger partial charge in [-0.15, -0.1) is 0 Å². The summed E-state index contributed by atoms with van der Waals surface area (Å²) in [6.07, 6.45) is 1.93. The topological polar surface area (TPSA) is 67.4 Å². The van der Waals surface area contributed by atoms with Crippen molar-refractivity contribution in [2.75, 3.05) is 18.5 Å². The number of hydrogen-bond acceptors (Lipinski definition) is 3. The highest BCUT2D eigenvalue weighted by Crippen LogP contribution is 2.13. The Kier molecular flexibility index (Phi) is 4.76. The predicted molar refractivity (Wildman–Crippen MR) is 72.1 cm³/mol. The van der Waals surface area contributed by atoms with Crippen LogP contribution in [-0.2, 0) is 14.3 Å². The average molecular weight is 283 g/mol. The van der Waals surface area contributed by atoms with Gasteiger partial charge in [0.1, 0.15) is 0 Å². The van der Waals surface area contributed by atoms with Crippen LogP contribution < -0.4 is 10.6 Å². The molecule has 6 heteroatoms. The smallest absolute Gasteiger partial charge is 0.313 e. The summed E-state index contributed by atoms with van der Waals surface area (Å²) in [4.78, 5) is 23.2. The Labute approximate surface area is 116 Å². The van der Waals surface area contributed by atoms with Crippen molar-refractivity contribution in [3.63, 3.8) is 0 Å². The van der Waals surface area contributed by atoms with E-state index in [1.165, 1.54) is 0 Å². The first kappa shape index (κ1) is 13.8. The minimum atomic E-state index is -0.694. The van der Waals surface area contributed by atoms with Gasteiger partial charge in [-0.3, -0.25) is 9.59 Å². The van der Waals surface area contributed by atoms with Gasteiger partial charge < -0.3 is 15.4 Å². The van der Waals surface area contributed by atoms with Gasteiger partial charge in [0, 0.05) is 23.9 Å². The van der Waals surface area contributed by atoms with Crippen LogP contribution in [0.15, 0.2) is 24.3 Å². The molecule has 1 heterocycles. The van der Waals surface area contributed by atoms with Crippen LogP contribution in [0.2, 0.25) is 5.02 Å². The summed E-state index contributed by atoms with van der Waals surface area (Å²) >= 11 is 5.73. The molecule has 0 radical (unpaired) electrons. The fraction of sp³-hybridized carbons (Fsp3) is 0.385. The van der Waals surface area contributed by atoms with E-state index in [9.17, 15) is 9.59 Å². The minimum absolute atomic E-state index is 0.0206. The molecule has 0 bridgehead atoms. The Hall–Kier alpha value is -1.59. The fourth-order valence-corrected chi connectivity index (χ4v) is 1.94. The Morgan fingerprint density at radius 2 is 2.00 bits per heavy atom. The largest absolute Gasteiger partial charge is 0.376 e. The Bertz CT molecular complexity index is 455. The van der Waals surface area contributed by atoms with Crippen LogP contribution in [0, 0.1) is 0 Å². The van der Waals surface area contributed by atoms with Crippen molar-refractivity contribution in [3.05, 3.63) is 29.3 Å². The number of amides is 2. The molecule has 1 aromatic rings. The zero-order valence-corrected chi connectivity index (χ0v) is 11.1. The summed E-state index contributed by atoms with van der Waals surface area (Å²) in [6, 6.07) is 6.55. The molecule has 19 heavy (non-hydrogen) atoms. The van der Waals surface area contributed by atoms with Gasteiger partial charge >= 0.3 is 11.8 Å². The molecule has 1 unspecified atom stereocenters. The Morgan fingerprint density at radius 1 is 1.26 bits per heavy atom. The fourth-order valence-electron chi connectivity index (χ4n) is 1.81. The summed E-state index contributed by atoms with van der Waals surface area (Å²) < 4.78 is 5.35. The van der Waals surface area contributed by atoms with Crippen LogP contribution in [0.3, 0.4) is 0 Å². The number of benzene rings is 1. The van der Waals surface area contributed by atoms with Gasteiger partial charge in [-0.25, -0.2) is 0 Å². The van der Waals surface area contributed by atoms with E-state index in [0.717, 1.165) is 19.4 Å². The molecule has 0 aromatic heterocycles. The van der Waals surface area contributed by atoms with Crippen molar-refractivity contribution in [1.29, 1.82) is 0 Å². The third-order valence-corrected chi connectivity index (χ3v) is 3.07. The monoisotopic (exact) mass is 282 g/mol. The first-order valence-corrected chi connectivity index (χ1v) is 6.49. The molecule has 0 saturated carbocycles. The van der Waals surface area contributed by atoms with Crippen LogP contribution in [0.4, 0.5) is 5.69 Å². The van der Waals surface area contributed by atoms with E-state index in [-0.39, 0.29) is 6.10 Å². The van der Waals surface area contributed by atoms with E-state index in [1.54, 1.807) is 24.3 Å². The maximum Gasteiger partial charge on any atom is 0.313 e. The molecule has 2 amide bonds. The number of nitrogens with one attached hydrogen (secondary N) is 2. The van der Waals surface area contributed by atoms with Gasteiger partial charge in [-0.2, -0.15) is 0 Å². The minimum Gasteiger partial charge on any atom is -0.376 e. The summed E-state index contributed by atoms with van der Waals surface area (Å²) in [7, 11) is 0. The highest BCUT2D eigenvalue weighted by Gasteiger charge is 2.19. The van der Waals surface area contributed by atoms with Gasteiger partial charge in [-0.1, -0.05) is 11.6 Å². The second-order valence-corrected chi connectivity index (χ2v) is 4.74. The number of carbonyl (C=O) groups excluding carboxylic acids is 2. The highest BCUT2D eigenvalue weighted by atomic mass is 35.5. The standard InChI is InChI=1S/C13H15ClN2O3/c14-9-3-5-10(6-4-9)16-13(18)12(17)15-8-11-2-1-7-19-11/h3-6,11H,1-2,7-8H2,(H,15,17)(H,16,18). The molecular weight excluding hydrogens is 268 g/mol. The van der Waals surface area contributed by atoms with Crippen molar-refractivity contribution < 1.29 is 14.3 Å². The number of anilines is 1. The molecule has 2 N–H and O–H groups in total. The van der Waals surface area contributed by atoms with Crippen molar-refractivity contribution >= 4 is 29.1 Å². The number of carbonyl (C=O) groups is 2. The molecule has 0 spiro atoms. The van der Waals surface area contributed by atoms with Gasteiger partial charge in [0.25, 0.3) is 0 Å². The van der Waals surface area contributed by atoms with Gasteiger partial charge in [-0.05, 0) is 37.1 Å². The van der Waals surface area contributed by atoms with Crippen molar-refractivity contribution in [3.8, 4) is 0 Å². The van der Waals surface area contributed by atoms with Crippen LogP contribution >= 0.6 is 11.6 Å². The molecule has 1 atom stereocenters. The SMILES string of the molecule is O=C(NCC1CCCO1)C(=O)Nc1ccc(Cl)cc1. The van der Waals surface area contributed by atoms with Crippen molar-refractivity contribution in [2.45, 2.75) is 18.9 Å². The third-order valence-electron chi connectivity index (χ3n) is 2.82. The lowest BCUT2D eigenvalue weighted by atomic mass is 10.2. The van der Waals surface area contributed by atoms with E-state index in [0.29, 0.717) is 17.3 Å². The average Bonchev–Trinajstić information content (AvgIpc) is 2.91. The number of halogens is 1. The molecule has 2 rings (SSSR count). The molecule has 1 aliphatic heterocycles. The third kappa shape index (κ3) is 4.22. The Morgan fingerprint density at radius 3 is 2.63 bits per heavy atom. The van der Waals surface area contributed by atoms with Gasteiger partial charge in [0.2, 0.25) is 0 Å². The summed E-state index contributed by atoms with van der Waals surface area (Å²) in [5, 5.41) is 5.62. The van der Waals surface area contributed by atoms with E-state index >= 15 is 0 Å². The van der Waals surface area contributed by atoms with E-state index in [2.05, 4.69) is 10.6 Å². The zero-order valence-electron chi connectivity index (χ0n) is 10.3. The quantitative estimate of drug-likeness (QED) is 0.827. The molecule has 1 fully saturated rings. The maximum atomic E-state index is 11.6. The molecule has 1 aromatic carbocycles. The van der Waals surface area contributed by atoms with E-state index in [4.69, 9.17) is 16.3 Å². The molecule has 0 aliphatic carbocycles. The summed E-state index contributed by atoms with van der Waals surface area (Å²) in [6.45, 7) is 1.09. The van der Waals surface area contributed by atoms with E-state index in [1.807, 2.05) is 0 Å². The highest BCUT2D eigenvalue weighted by molar-refractivity contribution is 6.39. The molecule has 1 saturated heterocycles. The first-order valence-electron chi connectivity index (χ1n) is 6.11. The van der Waals surface area contributed by atoms with Crippen molar-refractivity contribution in [2.24, 2.45) is 0 Å². The maximum absolute atomic E-state index is 11.6. The molecule has 5 nitrogen and oxygen atoms in total. The second-order valence-electron chi connectivity index (χ2n) is 4.31. The number of hydrogen-bond donors (Lipinski definition) is 2. The van der Waals surface area contributed by atoms with Crippen LogP contribution in [0.25, 0.3) is 0 Å². The Balaban J connectivity index is 1.78. The normalized spacial score (nSPS) is 18.1. The lowest BCUT2D eigenvalue weighted by Crippen LogP contribution is -2.39. The lowest BCUT2D eigenvalue weighted by molar-refractivity contribution is -0.136. The van der Waals surface area contributed by atoms with Crippen molar-refractivity contribution in [1.82, 2.24) is 5.32 Å². The lowest BCUT2D eigenvalue weighted by Gasteiger charge is -2.10. The first-order chi connectivity index (χ1) is 9.15. The summed E-state index contributed by atoms with van der Waals surface area (Å²) in [5.41, 5.74) is 0.529. The zero-order chi connectivity index (χ0) is 13.7. The number of rotatable bonds is 3. The van der Waals surface area contributed by atoms with E-state index < -0.39 is 11.8 Å². The summed E-state index contributed by atoms with van der Waals surface area (Å²) in [5.74, 6) is -1.36. The number of ether oxygens (including phenoxy) is 1. The second kappa shape index (κ2) is 6.54.